The molecule has 0 radical (unpaired) electrons. The summed E-state index contributed by atoms with van der Waals surface area (Å²) in [5.41, 5.74) is -0.0367. The highest BCUT2D eigenvalue weighted by Crippen LogP contribution is 2.22. The van der Waals surface area contributed by atoms with Crippen molar-refractivity contribution in [3.05, 3.63) is 59.7 Å². The zero-order valence-electron chi connectivity index (χ0n) is 29.1. The van der Waals surface area contributed by atoms with Gasteiger partial charge in [-0.2, -0.15) is 0 Å². The average molecular weight is 661 g/mol. The van der Waals surface area contributed by atoms with E-state index in [1.165, 1.54) is 182 Å². The molecule has 0 amide bonds. The van der Waals surface area contributed by atoms with E-state index in [0.29, 0.717) is 0 Å². The third-order valence-electron chi connectivity index (χ3n) is 8.77. The van der Waals surface area contributed by atoms with E-state index >= 15 is 0 Å². The van der Waals surface area contributed by atoms with Crippen molar-refractivity contribution in [2.75, 3.05) is 26.2 Å². The standard InChI is InChI=1S/C24H52N.C14H10O6S/c1-5-9-13-17-21-25(22-18-14-10-6-2,23-19-15-11-7-3)24-20-16-12-8-4;15-13(16)9-1-5-11(6-2-9)21(19,20)12-7-3-10(4-8-12)14(17)18/h5-24H2,1-4H3;1-8H,(H,15,16)(H,17,18)/q+1;. The van der Waals surface area contributed by atoms with Crippen molar-refractivity contribution in [1.29, 1.82) is 0 Å². The molecule has 2 aromatic rings. The first-order valence-electron chi connectivity index (χ1n) is 17.8. The Balaban J connectivity index is 0.000000465. The first-order chi connectivity index (χ1) is 22.1. The second-order valence-electron chi connectivity index (χ2n) is 12.6. The molecule has 0 unspecified atom stereocenters. The van der Waals surface area contributed by atoms with Gasteiger partial charge >= 0.3 is 11.9 Å². The maximum atomic E-state index is 12.3. The maximum absolute atomic E-state index is 12.3. The first-order valence-corrected chi connectivity index (χ1v) is 19.3. The SMILES string of the molecule is CCCCCC[N+](CCCCCC)(CCCCCC)CCCCCC.O=C(O)c1ccc(S(=O)(=O)c2ccc(C(=O)O)cc2)cc1. The van der Waals surface area contributed by atoms with Crippen molar-refractivity contribution in [1.82, 2.24) is 0 Å². The highest BCUT2D eigenvalue weighted by Gasteiger charge is 2.25. The van der Waals surface area contributed by atoms with Gasteiger partial charge in [-0.1, -0.05) is 79.1 Å². The van der Waals surface area contributed by atoms with Crippen molar-refractivity contribution >= 4 is 21.8 Å². The van der Waals surface area contributed by atoms with Crippen LogP contribution in [0.2, 0.25) is 0 Å². The van der Waals surface area contributed by atoms with Crippen LogP contribution in [0.3, 0.4) is 0 Å². The molecule has 0 bridgehead atoms. The fraction of sp³-hybridized carbons (Fsp3) is 0.632. The minimum Gasteiger partial charge on any atom is -0.478 e. The maximum Gasteiger partial charge on any atom is 0.335 e. The van der Waals surface area contributed by atoms with Gasteiger partial charge in [0.1, 0.15) is 0 Å². The number of quaternary nitrogens is 1. The van der Waals surface area contributed by atoms with E-state index in [9.17, 15) is 18.0 Å². The van der Waals surface area contributed by atoms with Crippen molar-refractivity contribution in [3.63, 3.8) is 0 Å². The zero-order chi connectivity index (χ0) is 34.3. The Morgan fingerprint density at radius 1 is 0.478 bits per heavy atom. The molecule has 0 aliphatic rings. The summed E-state index contributed by atoms with van der Waals surface area (Å²) in [5, 5.41) is 17.5. The molecule has 2 aromatic carbocycles. The van der Waals surface area contributed by atoms with Crippen molar-refractivity contribution in [3.8, 4) is 0 Å². The fourth-order valence-corrected chi connectivity index (χ4v) is 7.12. The lowest BCUT2D eigenvalue weighted by atomic mass is 10.1. The summed E-state index contributed by atoms with van der Waals surface area (Å²) in [5.74, 6) is -2.30. The summed E-state index contributed by atoms with van der Waals surface area (Å²) in [6, 6.07) is 9.57. The van der Waals surface area contributed by atoms with Crippen molar-refractivity contribution < 1.29 is 32.7 Å². The minimum absolute atomic E-state index is 0.0184. The molecule has 2 N–H and O–H groups in total. The molecule has 0 saturated carbocycles. The van der Waals surface area contributed by atoms with Gasteiger partial charge in [-0.25, -0.2) is 18.0 Å². The van der Waals surface area contributed by atoms with Crippen LogP contribution in [-0.2, 0) is 9.84 Å². The normalized spacial score (nSPS) is 11.6. The van der Waals surface area contributed by atoms with E-state index in [-0.39, 0.29) is 20.9 Å². The molecular weight excluding hydrogens is 598 g/mol. The molecule has 260 valence electrons. The molecule has 2 rings (SSSR count). The quantitative estimate of drug-likeness (QED) is 0.0857. The fourth-order valence-electron chi connectivity index (χ4n) is 5.86. The van der Waals surface area contributed by atoms with Crippen LogP contribution in [0.1, 0.15) is 151 Å². The topological polar surface area (TPSA) is 109 Å². The molecule has 8 heteroatoms. The Bertz CT molecular complexity index is 1090. The Hall–Kier alpha value is -2.71. The predicted octanol–water partition coefficient (Wildman–Crippen LogP) is 10.0. The molecule has 0 saturated heterocycles. The summed E-state index contributed by atoms with van der Waals surface area (Å²) in [6.45, 7) is 15.2. The largest absolute Gasteiger partial charge is 0.478 e. The number of hydrogen-bond donors (Lipinski definition) is 2. The first kappa shape index (κ1) is 41.3. The van der Waals surface area contributed by atoms with Crippen molar-refractivity contribution in [2.24, 2.45) is 0 Å². The number of carbonyl (C=O) groups is 2. The lowest BCUT2D eigenvalue weighted by Crippen LogP contribution is -2.50. The molecule has 46 heavy (non-hydrogen) atoms. The number of hydrogen-bond acceptors (Lipinski definition) is 4. The number of nitrogens with zero attached hydrogens (tertiary/aromatic N) is 1. The molecule has 0 aliphatic heterocycles. The number of unbranched alkanes of at least 4 members (excludes halogenated alkanes) is 12. The third kappa shape index (κ3) is 15.7. The molecular formula is C38H62NO6S+. The van der Waals surface area contributed by atoms with Gasteiger partial charge in [0.15, 0.2) is 0 Å². The molecule has 7 nitrogen and oxygen atoms in total. The molecule has 0 spiro atoms. The van der Waals surface area contributed by atoms with E-state index in [2.05, 4.69) is 27.7 Å². The Labute approximate surface area is 279 Å². The monoisotopic (exact) mass is 660 g/mol. The van der Waals surface area contributed by atoms with Gasteiger partial charge in [-0.3, -0.25) is 0 Å². The van der Waals surface area contributed by atoms with E-state index in [0.717, 1.165) is 0 Å². The van der Waals surface area contributed by atoms with Crippen molar-refractivity contribution in [2.45, 2.75) is 140 Å². The van der Waals surface area contributed by atoms with Gasteiger partial charge in [0.05, 0.1) is 47.1 Å². The second-order valence-corrected chi connectivity index (χ2v) is 14.6. The highest BCUT2D eigenvalue weighted by molar-refractivity contribution is 7.91. The molecule has 0 aliphatic carbocycles. The van der Waals surface area contributed by atoms with Crippen LogP contribution in [0, 0.1) is 0 Å². The number of rotatable bonds is 24. The third-order valence-corrected chi connectivity index (χ3v) is 10.6. The summed E-state index contributed by atoms with van der Waals surface area (Å²) < 4.78 is 26.1. The van der Waals surface area contributed by atoms with E-state index < -0.39 is 21.8 Å². The lowest BCUT2D eigenvalue weighted by Gasteiger charge is -2.39. The number of carboxylic acids is 2. The molecule has 0 aromatic heterocycles. The molecule has 0 atom stereocenters. The predicted molar refractivity (Wildman–Crippen MR) is 189 cm³/mol. The number of sulfone groups is 1. The average Bonchev–Trinajstić information content (AvgIpc) is 3.06. The Morgan fingerprint density at radius 2 is 0.739 bits per heavy atom. The van der Waals surface area contributed by atoms with E-state index in [1.807, 2.05) is 0 Å². The Morgan fingerprint density at radius 3 is 0.957 bits per heavy atom. The van der Waals surface area contributed by atoms with Crippen LogP contribution in [0.5, 0.6) is 0 Å². The summed E-state index contributed by atoms with van der Waals surface area (Å²) in [7, 11) is -3.81. The van der Waals surface area contributed by atoms with Gasteiger partial charge in [0, 0.05) is 0 Å². The smallest absolute Gasteiger partial charge is 0.335 e. The Kier molecular flexibility index (Phi) is 21.2. The number of carboxylic acid groups (broad SMARTS) is 2. The number of aromatic carboxylic acids is 2. The second kappa shape index (κ2) is 23.6. The van der Waals surface area contributed by atoms with Crippen LogP contribution in [0.15, 0.2) is 58.3 Å². The zero-order valence-corrected chi connectivity index (χ0v) is 30.0. The van der Waals surface area contributed by atoms with Crippen LogP contribution < -0.4 is 0 Å². The van der Waals surface area contributed by atoms with Gasteiger partial charge in [-0.15, -0.1) is 0 Å². The summed E-state index contributed by atoms with van der Waals surface area (Å²) in [4.78, 5) is 21.3. The van der Waals surface area contributed by atoms with Gasteiger partial charge in [-0.05, 0) is 99.9 Å². The van der Waals surface area contributed by atoms with Crippen LogP contribution in [0.4, 0.5) is 0 Å². The number of benzene rings is 2. The minimum atomic E-state index is -3.81. The highest BCUT2D eigenvalue weighted by atomic mass is 32.2. The van der Waals surface area contributed by atoms with Crippen LogP contribution in [-0.4, -0.2) is 61.2 Å². The van der Waals surface area contributed by atoms with Gasteiger partial charge in [0.25, 0.3) is 0 Å². The van der Waals surface area contributed by atoms with Crippen LogP contribution >= 0.6 is 0 Å². The summed E-state index contributed by atoms with van der Waals surface area (Å²) >= 11 is 0. The van der Waals surface area contributed by atoms with Gasteiger partial charge in [0.2, 0.25) is 9.84 Å². The van der Waals surface area contributed by atoms with E-state index in [4.69, 9.17) is 10.2 Å². The van der Waals surface area contributed by atoms with Crippen LogP contribution in [0.25, 0.3) is 0 Å². The summed E-state index contributed by atoms with van der Waals surface area (Å²) in [6.07, 6.45) is 22.8. The van der Waals surface area contributed by atoms with Gasteiger partial charge < -0.3 is 14.7 Å². The molecule has 0 fully saturated rings. The molecule has 0 heterocycles. The van der Waals surface area contributed by atoms with E-state index in [1.54, 1.807) is 0 Å². The lowest BCUT2D eigenvalue weighted by molar-refractivity contribution is -0.929.